The molecule has 0 amide bonds. The Balaban J connectivity index is 1.94. The summed E-state index contributed by atoms with van der Waals surface area (Å²) in [6, 6.07) is -0.867. The summed E-state index contributed by atoms with van der Waals surface area (Å²) in [6.45, 7) is 0. The fourth-order valence-corrected chi connectivity index (χ4v) is 7.01. The van der Waals surface area contributed by atoms with Gasteiger partial charge in [0.25, 0.3) is 0 Å². The van der Waals surface area contributed by atoms with E-state index < -0.39 is 87.2 Å². The van der Waals surface area contributed by atoms with E-state index in [1.54, 1.807) is 0 Å². The van der Waals surface area contributed by atoms with Gasteiger partial charge in [-0.25, -0.2) is 26.3 Å². The normalized spacial score (nSPS) is 18.9. The van der Waals surface area contributed by atoms with Gasteiger partial charge >= 0.3 is 12.4 Å². The third-order valence-electron chi connectivity index (χ3n) is 5.94. The molecule has 40 heavy (non-hydrogen) atoms. The fraction of sp³-hybridized carbons (Fsp3) is 0.400. The number of halogens is 6. The van der Waals surface area contributed by atoms with Crippen LogP contribution in [0, 0.1) is 10.4 Å². The summed E-state index contributed by atoms with van der Waals surface area (Å²) >= 11 is 0. The zero-order valence-corrected chi connectivity index (χ0v) is 21.4. The van der Waals surface area contributed by atoms with Gasteiger partial charge in [-0.2, -0.15) is 26.3 Å². The van der Waals surface area contributed by atoms with Crippen LogP contribution < -0.4 is 19.9 Å². The molecule has 2 aromatic carbocycles. The van der Waals surface area contributed by atoms with Gasteiger partial charge in [-0.3, -0.25) is 10.4 Å². The first-order chi connectivity index (χ1) is 18.2. The fourth-order valence-electron chi connectivity index (χ4n) is 4.08. The molecule has 20 heteroatoms. The van der Waals surface area contributed by atoms with Crippen LogP contribution in [0.5, 0.6) is 0 Å². The monoisotopic (exact) mass is 622 g/mol. The Labute approximate surface area is 223 Å². The second-order valence-corrected chi connectivity index (χ2v) is 12.0. The summed E-state index contributed by atoms with van der Waals surface area (Å²) in [6.07, 6.45) is -9.35. The summed E-state index contributed by atoms with van der Waals surface area (Å²) in [5.41, 5.74) is -5.43. The Bertz CT molecular complexity index is 1340. The highest BCUT2D eigenvalue weighted by atomic mass is 32.2. The van der Waals surface area contributed by atoms with Crippen LogP contribution in [0.15, 0.2) is 46.2 Å². The molecule has 0 aliphatic heterocycles. The zero-order chi connectivity index (χ0) is 30.3. The van der Waals surface area contributed by atoms with Crippen LogP contribution in [-0.4, -0.2) is 39.3 Å². The van der Waals surface area contributed by atoms with E-state index in [0.29, 0.717) is 37.1 Å². The van der Waals surface area contributed by atoms with E-state index >= 15 is 0 Å². The summed E-state index contributed by atoms with van der Waals surface area (Å²) < 4.78 is 134. The van der Waals surface area contributed by atoms with Gasteiger partial charge in [-0.1, -0.05) is 12.8 Å². The Morgan fingerprint density at radius 3 is 1.30 bits per heavy atom. The highest BCUT2D eigenvalue weighted by Crippen LogP contribution is 2.37. The first kappa shape index (κ1) is 31.8. The maximum Gasteiger partial charge on any atom is 0.416 e. The third-order valence-corrected chi connectivity index (χ3v) is 9.02. The van der Waals surface area contributed by atoms with Crippen molar-refractivity contribution >= 4 is 31.4 Å². The van der Waals surface area contributed by atoms with Crippen molar-refractivity contribution in [2.24, 2.45) is 0 Å². The lowest BCUT2D eigenvalue weighted by molar-refractivity contribution is -0.138. The van der Waals surface area contributed by atoms with Crippen LogP contribution in [0.4, 0.5) is 37.7 Å². The molecule has 0 bridgehead atoms. The Morgan fingerprint density at radius 2 is 1.02 bits per heavy atom. The van der Waals surface area contributed by atoms with Crippen LogP contribution in [0.2, 0.25) is 0 Å². The van der Waals surface area contributed by atoms with E-state index in [0.717, 1.165) is 0 Å². The van der Waals surface area contributed by atoms with Crippen LogP contribution in [-0.2, 0) is 32.4 Å². The number of hydrogen-bond acceptors (Lipinski definition) is 10. The first-order valence-corrected chi connectivity index (χ1v) is 14.0. The maximum absolute atomic E-state index is 13.0. The average Bonchev–Trinajstić information content (AvgIpc) is 2.83. The SMILES string of the molecule is O=S(=O)(NC1CCCCC1NS(=O)(=O)c1ccc(C(F)(F)F)cc1N([O-])O)c1ccc(C(F)(F)F)cc1N([O-])O. The molecule has 1 fully saturated rings. The lowest BCUT2D eigenvalue weighted by atomic mass is 9.92. The number of anilines is 2. The Kier molecular flexibility index (Phi) is 8.97. The van der Waals surface area contributed by atoms with E-state index in [2.05, 4.69) is 9.44 Å². The van der Waals surface area contributed by atoms with E-state index in [4.69, 9.17) is 0 Å². The predicted molar refractivity (Wildman–Crippen MR) is 125 cm³/mol. The minimum atomic E-state index is -4.99. The van der Waals surface area contributed by atoms with Crippen molar-refractivity contribution in [2.45, 2.75) is 59.9 Å². The van der Waals surface area contributed by atoms with Crippen molar-refractivity contribution in [1.29, 1.82) is 0 Å². The van der Waals surface area contributed by atoms with Gasteiger partial charge < -0.3 is 20.9 Å². The van der Waals surface area contributed by atoms with Crippen LogP contribution in [0.1, 0.15) is 36.8 Å². The summed E-state index contributed by atoms with van der Waals surface area (Å²) in [5, 5.41) is 39.3. The number of nitrogens with one attached hydrogen (secondary N) is 2. The number of nitrogens with zero attached hydrogens (tertiary/aromatic N) is 2. The number of rotatable bonds is 8. The minimum Gasteiger partial charge on any atom is -0.733 e. The second kappa shape index (κ2) is 11.3. The molecule has 224 valence electrons. The van der Waals surface area contributed by atoms with E-state index in [-0.39, 0.29) is 25.0 Å². The number of hydrogen-bond donors (Lipinski definition) is 4. The average molecular weight is 623 g/mol. The molecular formula is C20H20F6N4O8S2-2. The standard InChI is InChI=1S/C20H20F6N4O8S2/c21-19(22,23)11-5-7-17(15(9-11)29(31)32)39(35,36)27-13-3-1-2-4-14(13)28-40(37,38)18-8-6-12(20(24,25)26)10-16(18)30(33)34/h5-10,13-14,27-28,31,33H,1-4H2/q-2. The van der Waals surface area contributed by atoms with Gasteiger partial charge in [0, 0.05) is 12.1 Å². The smallest absolute Gasteiger partial charge is 0.416 e. The molecule has 2 unspecified atom stereocenters. The predicted octanol–water partition coefficient (Wildman–Crippen LogP) is 3.68. The summed E-state index contributed by atoms with van der Waals surface area (Å²) in [5.74, 6) is 0. The van der Waals surface area contributed by atoms with Gasteiger partial charge in [-0.05, 0) is 49.2 Å². The molecule has 4 N–H and O–H groups in total. The lowest BCUT2D eigenvalue weighted by Crippen LogP contribution is -2.53. The van der Waals surface area contributed by atoms with Crippen molar-refractivity contribution in [3.05, 3.63) is 57.9 Å². The highest BCUT2D eigenvalue weighted by Gasteiger charge is 2.37. The number of alkyl halides is 6. The maximum atomic E-state index is 13.0. The second-order valence-electron chi connectivity index (χ2n) is 8.65. The molecule has 2 aromatic rings. The molecule has 12 nitrogen and oxygen atoms in total. The minimum absolute atomic E-state index is 0.0316. The lowest BCUT2D eigenvalue weighted by Gasteiger charge is -2.34. The molecule has 3 rings (SSSR count). The first-order valence-electron chi connectivity index (χ1n) is 11.0. The molecule has 1 saturated carbocycles. The van der Waals surface area contributed by atoms with Gasteiger partial charge in [-0.15, -0.1) is 0 Å². The largest absolute Gasteiger partial charge is 0.733 e. The van der Waals surface area contributed by atoms with Gasteiger partial charge in [0.15, 0.2) is 0 Å². The number of sulfonamides is 2. The summed E-state index contributed by atoms with van der Waals surface area (Å²) in [4.78, 5) is -2.12. The topological polar surface area (TPSA) is 185 Å². The van der Waals surface area contributed by atoms with Gasteiger partial charge in [0.2, 0.25) is 20.0 Å². The van der Waals surface area contributed by atoms with Crippen molar-refractivity contribution in [2.75, 3.05) is 10.5 Å². The third kappa shape index (κ3) is 7.13. The van der Waals surface area contributed by atoms with Crippen molar-refractivity contribution in [1.82, 2.24) is 9.44 Å². The molecule has 1 aliphatic rings. The van der Waals surface area contributed by atoms with Gasteiger partial charge in [0.1, 0.15) is 9.79 Å². The molecule has 0 radical (unpaired) electrons. The molecule has 0 heterocycles. The van der Waals surface area contributed by atoms with E-state index in [9.17, 15) is 64.0 Å². The Morgan fingerprint density at radius 1 is 0.700 bits per heavy atom. The summed E-state index contributed by atoms with van der Waals surface area (Å²) in [7, 11) is -9.74. The van der Waals surface area contributed by atoms with Crippen molar-refractivity contribution in [3.63, 3.8) is 0 Å². The molecule has 0 aromatic heterocycles. The number of benzene rings is 2. The highest BCUT2D eigenvalue weighted by molar-refractivity contribution is 7.90. The quantitative estimate of drug-likeness (QED) is 0.250. The van der Waals surface area contributed by atoms with Gasteiger partial charge in [0.05, 0.1) is 22.5 Å². The van der Waals surface area contributed by atoms with Crippen LogP contribution in [0.25, 0.3) is 0 Å². The molecule has 1 aliphatic carbocycles. The van der Waals surface area contributed by atoms with Crippen molar-refractivity contribution in [3.8, 4) is 0 Å². The Hall–Kier alpha value is -2.72. The van der Waals surface area contributed by atoms with Crippen LogP contribution >= 0.6 is 0 Å². The van der Waals surface area contributed by atoms with Crippen molar-refractivity contribution < 1.29 is 53.6 Å². The molecule has 0 saturated heterocycles. The van der Waals surface area contributed by atoms with E-state index in [1.165, 1.54) is 0 Å². The molecular weight excluding hydrogens is 602 g/mol. The molecule has 0 spiro atoms. The molecule has 2 atom stereocenters. The van der Waals surface area contributed by atoms with Crippen LogP contribution in [0.3, 0.4) is 0 Å². The zero-order valence-electron chi connectivity index (χ0n) is 19.8. The van der Waals surface area contributed by atoms with E-state index in [1.807, 2.05) is 0 Å².